The van der Waals surface area contributed by atoms with Gasteiger partial charge in [0, 0.05) is 24.2 Å². The fourth-order valence-corrected chi connectivity index (χ4v) is 1.91. The molecule has 0 saturated heterocycles. The van der Waals surface area contributed by atoms with E-state index in [1.807, 2.05) is 30.7 Å². The van der Waals surface area contributed by atoms with Gasteiger partial charge in [0.2, 0.25) is 0 Å². The minimum Gasteiger partial charge on any atom is -0.342 e. The number of aromatic nitrogens is 1. The molecular formula is C12H15FN2. The van der Waals surface area contributed by atoms with Gasteiger partial charge in [-0.25, -0.2) is 4.39 Å². The zero-order valence-electron chi connectivity index (χ0n) is 9.00. The molecule has 0 saturated carbocycles. The summed E-state index contributed by atoms with van der Waals surface area (Å²) in [5, 5.41) is 0.922. The second-order valence-electron chi connectivity index (χ2n) is 4.00. The zero-order valence-corrected chi connectivity index (χ0v) is 9.00. The highest BCUT2D eigenvalue weighted by molar-refractivity contribution is 5.84. The summed E-state index contributed by atoms with van der Waals surface area (Å²) in [5.74, 6) is -0.180. The van der Waals surface area contributed by atoms with Crippen molar-refractivity contribution in [1.29, 1.82) is 0 Å². The van der Waals surface area contributed by atoms with E-state index in [0.29, 0.717) is 12.1 Å². The lowest BCUT2D eigenvalue weighted by Crippen LogP contribution is -2.00. The fraction of sp³-hybridized carbons (Fsp3) is 0.333. The van der Waals surface area contributed by atoms with Gasteiger partial charge < -0.3 is 10.3 Å². The monoisotopic (exact) mass is 206 g/mol. The first kappa shape index (κ1) is 10.2. The number of halogens is 1. The molecule has 2 nitrogen and oxygen atoms in total. The van der Waals surface area contributed by atoms with Gasteiger partial charge in [-0.1, -0.05) is 12.1 Å². The second-order valence-corrected chi connectivity index (χ2v) is 4.00. The van der Waals surface area contributed by atoms with Gasteiger partial charge >= 0.3 is 0 Å². The first-order valence-electron chi connectivity index (χ1n) is 5.13. The van der Waals surface area contributed by atoms with Crippen LogP contribution in [0.25, 0.3) is 10.9 Å². The molecule has 1 heterocycles. The number of hydrogen-bond acceptors (Lipinski definition) is 1. The molecule has 80 valence electrons. The summed E-state index contributed by atoms with van der Waals surface area (Å²) in [5.41, 5.74) is 7.30. The molecule has 3 heteroatoms. The number of para-hydroxylation sites is 1. The van der Waals surface area contributed by atoms with Crippen LogP contribution < -0.4 is 5.73 Å². The third kappa shape index (κ3) is 1.53. The maximum Gasteiger partial charge on any atom is 0.147 e. The van der Waals surface area contributed by atoms with Crippen LogP contribution in [-0.4, -0.2) is 4.57 Å². The third-order valence-corrected chi connectivity index (χ3v) is 2.66. The zero-order chi connectivity index (χ0) is 11.0. The molecule has 1 aromatic carbocycles. The normalized spacial score (nSPS) is 11.5. The molecule has 2 N–H and O–H groups in total. The van der Waals surface area contributed by atoms with E-state index in [-0.39, 0.29) is 11.9 Å². The van der Waals surface area contributed by atoms with E-state index < -0.39 is 0 Å². The summed E-state index contributed by atoms with van der Waals surface area (Å²) >= 11 is 0. The van der Waals surface area contributed by atoms with E-state index in [1.54, 1.807) is 6.07 Å². The standard InChI is InChI=1S/C12H15FN2/c1-8(2)15-7-9(6-14)10-4-3-5-11(13)12(10)15/h3-5,7-8H,6,14H2,1-2H3. The number of nitrogens with two attached hydrogens (primary N) is 1. The fourth-order valence-electron chi connectivity index (χ4n) is 1.91. The summed E-state index contributed by atoms with van der Waals surface area (Å²) in [7, 11) is 0. The Bertz CT molecular complexity index is 486. The minimum absolute atomic E-state index is 0.180. The molecule has 1 aromatic heterocycles. The van der Waals surface area contributed by atoms with Crippen molar-refractivity contribution in [3.63, 3.8) is 0 Å². The molecule has 0 spiro atoms. The second kappa shape index (κ2) is 3.66. The highest BCUT2D eigenvalue weighted by atomic mass is 19.1. The average molecular weight is 206 g/mol. The molecule has 0 fully saturated rings. The predicted octanol–water partition coefficient (Wildman–Crippen LogP) is 2.82. The van der Waals surface area contributed by atoms with Crippen molar-refractivity contribution in [2.75, 3.05) is 0 Å². The van der Waals surface area contributed by atoms with Gasteiger partial charge in [0.05, 0.1) is 5.52 Å². The van der Waals surface area contributed by atoms with Crippen LogP contribution >= 0.6 is 0 Å². The lowest BCUT2D eigenvalue weighted by molar-refractivity contribution is 0.587. The first-order valence-corrected chi connectivity index (χ1v) is 5.13. The maximum absolute atomic E-state index is 13.7. The van der Waals surface area contributed by atoms with Crippen molar-refractivity contribution in [2.45, 2.75) is 26.4 Å². The Labute approximate surface area is 88.5 Å². The van der Waals surface area contributed by atoms with Crippen LogP contribution in [0.15, 0.2) is 24.4 Å². The van der Waals surface area contributed by atoms with Crippen LogP contribution in [0.2, 0.25) is 0 Å². The summed E-state index contributed by atoms with van der Waals surface area (Å²) in [6.45, 7) is 4.51. The first-order chi connectivity index (χ1) is 7.15. The van der Waals surface area contributed by atoms with Crippen molar-refractivity contribution in [3.05, 3.63) is 35.8 Å². The summed E-state index contributed by atoms with van der Waals surface area (Å²) in [4.78, 5) is 0. The Hall–Kier alpha value is -1.35. The van der Waals surface area contributed by atoms with Crippen LogP contribution in [0, 0.1) is 5.82 Å². The van der Waals surface area contributed by atoms with Gasteiger partial charge in [-0.15, -0.1) is 0 Å². The lowest BCUT2D eigenvalue weighted by Gasteiger charge is -2.09. The third-order valence-electron chi connectivity index (χ3n) is 2.66. The number of rotatable bonds is 2. The van der Waals surface area contributed by atoms with E-state index in [9.17, 15) is 4.39 Å². The molecule has 0 unspecified atom stereocenters. The van der Waals surface area contributed by atoms with Crippen LogP contribution in [-0.2, 0) is 6.54 Å². The maximum atomic E-state index is 13.7. The largest absolute Gasteiger partial charge is 0.342 e. The molecule has 0 radical (unpaired) electrons. The van der Waals surface area contributed by atoms with Crippen molar-refractivity contribution < 1.29 is 4.39 Å². The van der Waals surface area contributed by atoms with Crippen LogP contribution in [0.5, 0.6) is 0 Å². The Kier molecular flexibility index (Phi) is 2.49. The van der Waals surface area contributed by atoms with E-state index in [2.05, 4.69) is 0 Å². The van der Waals surface area contributed by atoms with Gasteiger partial charge in [0.25, 0.3) is 0 Å². The Balaban J connectivity index is 2.82. The highest BCUT2D eigenvalue weighted by Gasteiger charge is 2.12. The molecule has 0 bridgehead atoms. The number of fused-ring (bicyclic) bond motifs is 1. The van der Waals surface area contributed by atoms with Crippen molar-refractivity contribution in [2.24, 2.45) is 5.73 Å². The van der Waals surface area contributed by atoms with Crippen LogP contribution in [0.1, 0.15) is 25.5 Å². The van der Waals surface area contributed by atoms with E-state index in [0.717, 1.165) is 10.9 Å². The van der Waals surface area contributed by atoms with Gasteiger partial charge in [-0.2, -0.15) is 0 Å². The number of hydrogen-bond donors (Lipinski definition) is 1. The van der Waals surface area contributed by atoms with Crippen LogP contribution in [0.3, 0.4) is 0 Å². The summed E-state index contributed by atoms with van der Waals surface area (Å²) in [6, 6.07) is 5.37. The van der Waals surface area contributed by atoms with Gasteiger partial charge in [-0.3, -0.25) is 0 Å². The molecule has 2 rings (SSSR count). The Morgan fingerprint density at radius 1 is 1.40 bits per heavy atom. The van der Waals surface area contributed by atoms with Crippen molar-refractivity contribution >= 4 is 10.9 Å². The van der Waals surface area contributed by atoms with Crippen LogP contribution in [0.4, 0.5) is 4.39 Å². The minimum atomic E-state index is -0.180. The summed E-state index contributed by atoms with van der Waals surface area (Å²) < 4.78 is 15.6. The van der Waals surface area contributed by atoms with E-state index in [4.69, 9.17) is 5.73 Å². The smallest absolute Gasteiger partial charge is 0.147 e. The van der Waals surface area contributed by atoms with Crippen molar-refractivity contribution in [1.82, 2.24) is 4.57 Å². The quantitative estimate of drug-likeness (QED) is 0.804. The lowest BCUT2D eigenvalue weighted by atomic mass is 10.2. The highest BCUT2D eigenvalue weighted by Crippen LogP contribution is 2.26. The predicted molar refractivity (Wildman–Crippen MR) is 60.2 cm³/mol. The van der Waals surface area contributed by atoms with Gasteiger partial charge in [0.15, 0.2) is 0 Å². The van der Waals surface area contributed by atoms with Crippen molar-refractivity contribution in [3.8, 4) is 0 Å². The summed E-state index contributed by atoms with van der Waals surface area (Å²) in [6.07, 6.45) is 1.94. The topological polar surface area (TPSA) is 30.9 Å². The van der Waals surface area contributed by atoms with Gasteiger partial charge in [0.1, 0.15) is 5.82 Å². The SMILES string of the molecule is CC(C)n1cc(CN)c2cccc(F)c21. The van der Waals surface area contributed by atoms with Gasteiger partial charge in [-0.05, 0) is 25.5 Å². The molecule has 0 atom stereocenters. The Morgan fingerprint density at radius 3 is 2.73 bits per heavy atom. The van der Waals surface area contributed by atoms with E-state index >= 15 is 0 Å². The number of benzene rings is 1. The average Bonchev–Trinajstić information content (AvgIpc) is 2.58. The molecule has 0 aliphatic carbocycles. The molecular weight excluding hydrogens is 191 g/mol. The molecule has 0 aliphatic heterocycles. The van der Waals surface area contributed by atoms with E-state index in [1.165, 1.54) is 6.07 Å². The molecule has 0 amide bonds. The molecule has 0 aliphatic rings. The number of nitrogens with zero attached hydrogens (tertiary/aromatic N) is 1. The molecule has 2 aromatic rings. The molecule has 15 heavy (non-hydrogen) atoms. The Morgan fingerprint density at radius 2 is 2.13 bits per heavy atom.